The van der Waals surface area contributed by atoms with Crippen molar-refractivity contribution >= 4 is 23.4 Å². The second-order valence-electron chi connectivity index (χ2n) is 6.23. The third-order valence-corrected chi connectivity index (χ3v) is 4.66. The molecule has 0 spiro atoms. The molecule has 2 rings (SSSR count). The zero-order valence-electron chi connectivity index (χ0n) is 15.4. The maximum atomic E-state index is 11.8. The van der Waals surface area contributed by atoms with Crippen molar-refractivity contribution in [2.45, 2.75) is 31.8 Å². The van der Waals surface area contributed by atoms with Gasteiger partial charge in [0.2, 0.25) is 5.91 Å². The van der Waals surface area contributed by atoms with E-state index >= 15 is 0 Å². The molecule has 2 atom stereocenters. The minimum atomic E-state index is -0.609. The van der Waals surface area contributed by atoms with Crippen LogP contribution < -0.4 is 11.0 Å². The lowest BCUT2D eigenvalue weighted by Crippen LogP contribution is -2.31. The minimum Gasteiger partial charge on any atom is -0.377 e. The maximum absolute atomic E-state index is 11.8. The van der Waals surface area contributed by atoms with Gasteiger partial charge in [0.25, 0.3) is 5.91 Å². The Balaban J connectivity index is 2.36. The molecule has 0 radical (unpaired) electrons. The van der Waals surface area contributed by atoms with Crippen LogP contribution in [0, 0.1) is 0 Å². The summed E-state index contributed by atoms with van der Waals surface area (Å²) in [5.74, 6) is -1.37. The largest absolute Gasteiger partial charge is 0.377 e. The average molecular weight is 407 g/mol. The molecule has 1 unspecified atom stereocenters. The van der Waals surface area contributed by atoms with Crippen LogP contribution in [-0.4, -0.2) is 34.9 Å². The molecule has 0 saturated carbocycles. The number of benzene rings is 2. The average Bonchev–Trinajstić information content (AvgIpc) is 2.72. The standard InChI is InChI=1S/C20H23ClN2O5/c1-2-28-18(12-19(24)22-26)17(11-13-3-9-16(21)10-4-13)14-5-7-15(8-6-14)20(25)23-27/h3-10,17-18,26-27H,2,11-12H2,1H3,(H,22,24)(H,23,25)/t17?,18-/m1/s1. The fraction of sp³-hybridized carbons (Fsp3) is 0.300. The molecule has 2 amide bonds. The summed E-state index contributed by atoms with van der Waals surface area (Å²) < 4.78 is 5.81. The lowest BCUT2D eigenvalue weighted by molar-refractivity contribution is -0.132. The summed E-state index contributed by atoms with van der Waals surface area (Å²) in [6.07, 6.45) is 0.0402. The van der Waals surface area contributed by atoms with E-state index in [9.17, 15) is 9.59 Å². The van der Waals surface area contributed by atoms with E-state index in [-0.39, 0.29) is 12.3 Å². The van der Waals surface area contributed by atoms with Gasteiger partial charge in [0.1, 0.15) is 0 Å². The fourth-order valence-corrected chi connectivity index (χ4v) is 3.17. The zero-order valence-corrected chi connectivity index (χ0v) is 16.1. The Kier molecular flexibility index (Phi) is 8.41. The molecule has 2 aromatic carbocycles. The molecule has 0 fully saturated rings. The van der Waals surface area contributed by atoms with Crippen LogP contribution in [0.1, 0.15) is 40.7 Å². The van der Waals surface area contributed by atoms with Crippen molar-refractivity contribution in [3.8, 4) is 0 Å². The number of amides is 2. The van der Waals surface area contributed by atoms with E-state index in [1.807, 2.05) is 19.1 Å². The third-order valence-electron chi connectivity index (χ3n) is 4.41. The lowest BCUT2D eigenvalue weighted by Gasteiger charge is -2.27. The first-order valence-electron chi connectivity index (χ1n) is 8.81. The number of hydrogen-bond acceptors (Lipinski definition) is 5. The second kappa shape index (κ2) is 10.8. The molecule has 4 N–H and O–H groups in total. The van der Waals surface area contributed by atoms with Gasteiger partial charge < -0.3 is 4.74 Å². The summed E-state index contributed by atoms with van der Waals surface area (Å²) >= 11 is 5.96. The number of hydroxylamine groups is 2. The molecule has 0 heterocycles. The van der Waals surface area contributed by atoms with Gasteiger partial charge >= 0.3 is 0 Å². The highest BCUT2D eigenvalue weighted by molar-refractivity contribution is 6.30. The van der Waals surface area contributed by atoms with E-state index in [0.29, 0.717) is 23.6 Å². The smallest absolute Gasteiger partial charge is 0.274 e. The van der Waals surface area contributed by atoms with Crippen LogP contribution in [0.2, 0.25) is 5.02 Å². The van der Waals surface area contributed by atoms with Gasteiger partial charge in [-0.05, 0) is 48.7 Å². The molecule has 0 aliphatic rings. The summed E-state index contributed by atoms with van der Waals surface area (Å²) in [6, 6.07) is 14.1. The number of nitrogens with one attached hydrogen (secondary N) is 2. The topological polar surface area (TPSA) is 108 Å². The molecular formula is C20H23ClN2O5. The van der Waals surface area contributed by atoms with E-state index in [4.69, 9.17) is 26.8 Å². The summed E-state index contributed by atoms with van der Waals surface area (Å²) in [7, 11) is 0. The number of carbonyl (C=O) groups excluding carboxylic acids is 2. The summed E-state index contributed by atoms with van der Waals surface area (Å²) in [4.78, 5) is 23.3. The number of hydrogen-bond donors (Lipinski definition) is 4. The van der Waals surface area contributed by atoms with E-state index in [1.54, 1.807) is 47.4 Å². The highest BCUT2D eigenvalue weighted by Crippen LogP contribution is 2.29. The zero-order chi connectivity index (χ0) is 20.5. The molecule has 0 aliphatic carbocycles. The molecule has 28 heavy (non-hydrogen) atoms. The summed E-state index contributed by atoms with van der Waals surface area (Å²) in [5.41, 5.74) is 5.40. The molecule has 0 aliphatic heterocycles. The van der Waals surface area contributed by atoms with Crippen LogP contribution in [0.5, 0.6) is 0 Å². The van der Waals surface area contributed by atoms with E-state index < -0.39 is 17.9 Å². The SMILES string of the molecule is CCO[C@H](CC(=O)NO)C(Cc1ccc(Cl)cc1)c1ccc(C(=O)NO)cc1. The molecule has 0 bridgehead atoms. The van der Waals surface area contributed by atoms with Crippen molar-refractivity contribution < 1.29 is 24.7 Å². The van der Waals surface area contributed by atoms with Crippen molar-refractivity contribution in [3.63, 3.8) is 0 Å². The molecule has 150 valence electrons. The molecular weight excluding hydrogens is 384 g/mol. The van der Waals surface area contributed by atoms with Gasteiger partial charge in [-0.25, -0.2) is 11.0 Å². The normalized spacial score (nSPS) is 12.9. The molecule has 7 nitrogen and oxygen atoms in total. The quantitative estimate of drug-likeness (QED) is 0.378. The minimum absolute atomic E-state index is 0.0263. The van der Waals surface area contributed by atoms with Crippen molar-refractivity contribution in [1.82, 2.24) is 11.0 Å². The number of carbonyl (C=O) groups is 2. The van der Waals surface area contributed by atoms with Crippen molar-refractivity contribution in [2.75, 3.05) is 6.61 Å². The van der Waals surface area contributed by atoms with Crippen LogP contribution >= 0.6 is 11.6 Å². The van der Waals surface area contributed by atoms with Gasteiger partial charge in [-0.15, -0.1) is 0 Å². The Morgan fingerprint density at radius 3 is 2.21 bits per heavy atom. The highest BCUT2D eigenvalue weighted by atomic mass is 35.5. The van der Waals surface area contributed by atoms with Gasteiger partial charge in [0.05, 0.1) is 12.5 Å². The van der Waals surface area contributed by atoms with E-state index in [2.05, 4.69) is 0 Å². The number of rotatable bonds is 9. The van der Waals surface area contributed by atoms with Crippen LogP contribution in [0.3, 0.4) is 0 Å². The first-order valence-corrected chi connectivity index (χ1v) is 9.19. The lowest BCUT2D eigenvalue weighted by atomic mass is 9.85. The Morgan fingerprint density at radius 1 is 1.04 bits per heavy atom. The first kappa shape index (κ1) is 21.8. The van der Waals surface area contributed by atoms with Crippen LogP contribution in [0.15, 0.2) is 48.5 Å². The van der Waals surface area contributed by atoms with Crippen molar-refractivity contribution in [3.05, 3.63) is 70.2 Å². The summed E-state index contributed by atoms with van der Waals surface area (Å²) in [6.45, 7) is 2.23. The predicted molar refractivity (Wildman–Crippen MR) is 104 cm³/mol. The molecule has 8 heteroatoms. The van der Waals surface area contributed by atoms with Crippen LogP contribution in [0.25, 0.3) is 0 Å². The first-order chi connectivity index (χ1) is 13.5. The molecule has 0 saturated heterocycles. The van der Waals surface area contributed by atoms with Gasteiger partial charge in [0, 0.05) is 23.1 Å². The Morgan fingerprint density at radius 2 is 1.68 bits per heavy atom. The Labute approximate surface area is 168 Å². The number of halogens is 1. The van der Waals surface area contributed by atoms with E-state index in [0.717, 1.165) is 11.1 Å². The predicted octanol–water partition coefficient (Wildman–Crippen LogP) is 3.09. The molecule has 0 aromatic heterocycles. The highest BCUT2D eigenvalue weighted by Gasteiger charge is 2.27. The molecule has 2 aromatic rings. The van der Waals surface area contributed by atoms with Gasteiger partial charge in [-0.1, -0.05) is 35.9 Å². The van der Waals surface area contributed by atoms with Crippen LogP contribution in [-0.2, 0) is 16.0 Å². The van der Waals surface area contributed by atoms with Crippen LogP contribution in [0.4, 0.5) is 0 Å². The Bertz CT molecular complexity index is 780. The number of ether oxygens (including phenoxy) is 1. The third kappa shape index (κ3) is 6.03. The monoisotopic (exact) mass is 406 g/mol. The van der Waals surface area contributed by atoms with Gasteiger partial charge in [-0.3, -0.25) is 20.0 Å². The van der Waals surface area contributed by atoms with Crippen molar-refractivity contribution in [1.29, 1.82) is 0 Å². The second-order valence-corrected chi connectivity index (χ2v) is 6.67. The fourth-order valence-electron chi connectivity index (χ4n) is 3.04. The van der Waals surface area contributed by atoms with E-state index in [1.165, 1.54) is 0 Å². The maximum Gasteiger partial charge on any atom is 0.274 e. The summed E-state index contributed by atoms with van der Waals surface area (Å²) in [5, 5.41) is 18.3. The van der Waals surface area contributed by atoms with Gasteiger partial charge in [0.15, 0.2) is 0 Å². The Hall–Kier alpha value is -2.45. The van der Waals surface area contributed by atoms with Crippen molar-refractivity contribution in [2.24, 2.45) is 0 Å². The van der Waals surface area contributed by atoms with Gasteiger partial charge in [-0.2, -0.15) is 0 Å².